The van der Waals surface area contributed by atoms with Crippen LogP contribution in [0.25, 0.3) is 11.2 Å². The van der Waals surface area contributed by atoms with Crippen molar-refractivity contribution in [1.29, 1.82) is 0 Å². The molecule has 3 amide bonds. The van der Waals surface area contributed by atoms with Crippen LogP contribution in [0.3, 0.4) is 0 Å². The van der Waals surface area contributed by atoms with E-state index in [1.54, 1.807) is 13.0 Å². The molecule has 0 aliphatic heterocycles. The highest BCUT2D eigenvalue weighted by molar-refractivity contribution is 5.94. The number of carbonyl (C=O) groups excluding carboxylic acids is 2. The minimum atomic E-state index is -0.679. The SMILES string of the molecule is C=C(C)c1cccc(C(C)(C)NC(=O)NNC(=O)c2nnc3cc(C)nn3c2C)c1. The van der Waals surface area contributed by atoms with Crippen molar-refractivity contribution in [2.45, 2.75) is 40.2 Å². The van der Waals surface area contributed by atoms with Crippen molar-refractivity contribution in [3.63, 3.8) is 0 Å². The van der Waals surface area contributed by atoms with Crippen LogP contribution in [0.4, 0.5) is 4.79 Å². The molecule has 2 heterocycles. The summed E-state index contributed by atoms with van der Waals surface area (Å²) < 4.78 is 1.54. The molecule has 0 saturated heterocycles. The maximum absolute atomic E-state index is 12.5. The molecular weight excluding hydrogens is 382 g/mol. The second-order valence-corrected chi connectivity index (χ2v) is 7.71. The predicted molar refractivity (Wildman–Crippen MR) is 114 cm³/mol. The fourth-order valence-electron chi connectivity index (χ4n) is 3.02. The summed E-state index contributed by atoms with van der Waals surface area (Å²) in [4.78, 5) is 24.8. The first-order chi connectivity index (χ1) is 14.1. The van der Waals surface area contributed by atoms with Crippen LogP contribution >= 0.6 is 0 Å². The Morgan fingerprint density at radius 3 is 2.53 bits per heavy atom. The fraction of sp³-hybridized carbons (Fsp3) is 0.286. The van der Waals surface area contributed by atoms with Crippen molar-refractivity contribution in [3.05, 3.63) is 65.1 Å². The molecule has 9 heteroatoms. The lowest BCUT2D eigenvalue weighted by Crippen LogP contribution is -2.52. The lowest BCUT2D eigenvalue weighted by molar-refractivity contribution is 0.0927. The first-order valence-corrected chi connectivity index (χ1v) is 9.43. The Bertz CT molecular complexity index is 1150. The number of hydrogen-bond donors (Lipinski definition) is 3. The van der Waals surface area contributed by atoms with Crippen LogP contribution in [-0.2, 0) is 5.54 Å². The Morgan fingerprint density at radius 1 is 1.10 bits per heavy atom. The molecule has 0 bridgehead atoms. The number of fused-ring (bicyclic) bond motifs is 1. The van der Waals surface area contributed by atoms with Crippen LogP contribution in [0.2, 0.25) is 0 Å². The van der Waals surface area contributed by atoms with Crippen molar-refractivity contribution in [3.8, 4) is 0 Å². The minimum Gasteiger partial charge on any atom is -0.328 e. The van der Waals surface area contributed by atoms with Crippen LogP contribution in [0.15, 0.2) is 36.9 Å². The number of aromatic nitrogens is 4. The van der Waals surface area contributed by atoms with E-state index < -0.39 is 17.5 Å². The van der Waals surface area contributed by atoms with Crippen LogP contribution in [0.5, 0.6) is 0 Å². The molecule has 3 N–H and O–H groups in total. The first-order valence-electron chi connectivity index (χ1n) is 9.43. The van der Waals surface area contributed by atoms with Gasteiger partial charge in [0.25, 0.3) is 5.91 Å². The summed E-state index contributed by atoms with van der Waals surface area (Å²) in [5, 5.41) is 15.1. The third-order valence-corrected chi connectivity index (χ3v) is 4.73. The summed E-state index contributed by atoms with van der Waals surface area (Å²) in [6.45, 7) is 13.2. The molecule has 0 aliphatic rings. The molecular formula is C21H25N7O2. The quantitative estimate of drug-likeness (QED) is 0.576. The van der Waals surface area contributed by atoms with Gasteiger partial charge >= 0.3 is 6.03 Å². The largest absolute Gasteiger partial charge is 0.334 e. The Hall–Kier alpha value is -3.75. The zero-order valence-electron chi connectivity index (χ0n) is 17.7. The summed E-state index contributed by atoms with van der Waals surface area (Å²) in [6.07, 6.45) is 0. The summed E-state index contributed by atoms with van der Waals surface area (Å²) in [5.41, 5.74) is 8.77. The summed E-state index contributed by atoms with van der Waals surface area (Å²) >= 11 is 0. The molecule has 0 spiro atoms. The van der Waals surface area contributed by atoms with E-state index in [1.807, 2.05) is 52.0 Å². The van der Waals surface area contributed by atoms with Gasteiger partial charge in [0.15, 0.2) is 11.3 Å². The fourth-order valence-corrected chi connectivity index (χ4v) is 3.02. The number of carbonyl (C=O) groups is 2. The Labute approximate surface area is 174 Å². The van der Waals surface area contributed by atoms with Crippen molar-refractivity contribution in [2.24, 2.45) is 0 Å². The van der Waals surface area contributed by atoms with Gasteiger partial charge in [0.05, 0.1) is 16.9 Å². The monoisotopic (exact) mass is 407 g/mol. The molecule has 30 heavy (non-hydrogen) atoms. The standard InChI is InChI=1S/C21H25N7O2/c1-12(2)15-8-7-9-16(11-15)21(5,6)22-20(30)26-25-19(29)18-14(4)28-17(23-24-18)10-13(3)27-28/h7-11H,1H2,2-6H3,(H,25,29)(H2,22,26,30). The van der Waals surface area contributed by atoms with Gasteiger partial charge in [-0.2, -0.15) is 5.10 Å². The number of hydrazine groups is 1. The van der Waals surface area contributed by atoms with Gasteiger partial charge in [-0.1, -0.05) is 30.4 Å². The number of nitrogens with one attached hydrogen (secondary N) is 3. The molecule has 3 rings (SSSR count). The molecule has 3 aromatic rings. The van der Waals surface area contributed by atoms with Gasteiger partial charge in [-0.15, -0.1) is 10.2 Å². The second kappa shape index (κ2) is 7.94. The highest BCUT2D eigenvalue weighted by atomic mass is 16.2. The Kier molecular flexibility index (Phi) is 5.55. The van der Waals surface area contributed by atoms with Gasteiger partial charge in [-0.05, 0) is 51.8 Å². The molecule has 1 aromatic carbocycles. The van der Waals surface area contributed by atoms with Crippen LogP contribution < -0.4 is 16.2 Å². The maximum Gasteiger partial charge on any atom is 0.334 e. The Morgan fingerprint density at radius 2 is 1.83 bits per heavy atom. The van der Waals surface area contributed by atoms with Gasteiger partial charge < -0.3 is 5.32 Å². The lowest BCUT2D eigenvalue weighted by atomic mass is 9.92. The summed E-state index contributed by atoms with van der Waals surface area (Å²) in [6, 6.07) is 8.97. The van der Waals surface area contributed by atoms with Gasteiger partial charge in [-0.25, -0.2) is 14.7 Å². The van der Waals surface area contributed by atoms with Crippen LogP contribution in [-0.4, -0.2) is 31.7 Å². The van der Waals surface area contributed by atoms with E-state index in [4.69, 9.17) is 0 Å². The van der Waals surface area contributed by atoms with E-state index in [1.165, 1.54) is 4.52 Å². The van der Waals surface area contributed by atoms with E-state index >= 15 is 0 Å². The van der Waals surface area contributed by atoms with Gasteiger partial charge in [0, 0.05) is 6.07 Å². The van der Waals surface area contributed by atoms with E-state index in [0.29, 0.717) is 11.3 Å². The number of hydrogen-bond acceptors (Lipinski definition) is 5. The highest BCUT2D eigenvalue weighted by Gasteiger charge is 2.24. The van der Waals surface area contributed by atoms with Gasteiger partial charge in [-0.3, -0.25) is 10.2 Å². The molecule has 0 atom stereocenters. The van der Waals surface area contributed by atoms with Crippen molar-refractivity contribution in [2.75, 3.05) is 0 Å². The second-order valence-electron chi connectivity index (χ2n) is 7.71. The average Bonchev–Trinajstić information content (AvgIpc) is 3.07. The average molecular weight is 407 g/mol. The van der Waals surface area contributed by atoms with E-state index in [9.17, 15) is 9.59 Å². The van der Waals surface area contributed by atoms with Crippen molar-refractivity contribution >= 4 is 23.2 Å². The zero-order chi connectivity index (χ0) is 22.1. The lowest BCUT2D eigenvalue weighted by Gasteiger charge is -2.27. The Balaban J connectivity index is 1.66. The number of rotatable bonds is 4. The first kappa shape index (κ1) is 21.0. The van der Waals surface area contributed by atoms with Crippen LogP contribution in [0, 0.1) is 13.8 Å². The molecule has 0 aliphatic carbocycles. The number of urea groups is 1. The number of amides is 3. The molecule has 156 valence electrons. The maximum atomic E-state index is 12.5. The van der Waals surface area contributed by atoms with Crippen LogP contribution in [0.1, 0.15) is 53.8 Å². The number of nitrogens with zero attached hydrogens (tertiary/aromatic N) is 4. The molecule has 0 radical (unpaired) electrons. The van der Waals surface area contributed by atoms with E-state index in [-0.39, 0.29) is 5.69 Å². The molecule has 2 aromatic heterocycles. The normalized spacial score (nSPS) is 11.2. The molecule has 0 unspecified atom stereocenters. The smallest absolute Gasteiger partial charge is 0.328 e. The summed E-state index contributed by atoms with van der Waals surface area (Å²) in [7, 11) is 0. The molecule has 0 fully saturated rings. The van der Waals surface area contributed by atoms with Crippen molar-refractivity contribution in [1.82, 2.24) is 36.0 Å². The van der Waals surface area contributed by atoms with E-state index in [2.05, 4.69) is 38.0 Å². The molecule has 9 nitrogen and oxygen atoms in total. The molecule has 0 saturated carbocycles. The minimum absolute atomic E-state index is 0.0688. The van der Waals surface area contributed by atoms with Gasteiger partial charge in [0.1, 0.15) is 0 Å². The van der Waals surface area contributed by atoms with Gasteiger partial charge in [0.2, 0.25) is 0 Å². The zero-order valence-corrected chi connectivity index (χ0v) is 17.7. The number of benzene rings is 1. The predicted octanol–water partition coefficient (Wildman–Crippen LogP) is 2.65. The van der Waals surface area contributed by atoms with E-state index in [0.717, 1.165) is 22.4 Å². The third kappa shape index (κ3) is 4.29. The topological polar surface area (TPSA) is 113 Å². The number of allylic oxidation sites excluding steroid dienone is 1. The third-order valence-electron chi connectivity index (χ3n) is 4.73. The highest BCUT2D eigenvalue weighted by Crippen LogP contribution is 2.23. The summed E-state index contributed by atoms with van der Waals surface area (Å²) in [5.74, 6) is -0.590. The number of aryl methyl sites for hydroxylation is 2. The van der Waals surface area contributed by atoms with Crippen molar-refractivity contribution < 1.29 is 9.59 Å².